The number of benzene rings is 2. The van der Waals surface area contributed by atoms with Gasteiger partial charge in [0.05, 0.1) is 15.5 Å². The predicted octanol–water partition coefficient (Wildman–Crippen LogP) is 4.51. The maximum absolute atomic E-state index is 13.4. The maximum Gasteiger partial charge on any atom is 0.294 e. The molecule has 0 bridgehead atoms. The van der Waals surface area contributed by atoms with E-state index in [2.05, 4.69) is 9.97 Å². The third kappa shape index (κ3) is 3.21. The first kappa shape index (κ1) is 20.0. The van der Waals surface area contributed by atoms with Gasteiger partial charge in [0.25, 0.3) is 15.7 Å². The van der Waals surface area contributed by atoms with E-state index < -0.39 is 14.9 Å². The third-order valence-corrected chi connectivity index (χ3v) is 6.60. The first-order valence-corrected chi connectivity index (χ1v) is 10.6. The van der Waals surface area contributed by atoms with Crippen molar-refractivity contribution in [1.82, 2.24) is 13.9 Å². The quantitative estimate of drug-likeness (QED) is 0.261. The van der Waals surface area contributed by atoms with E-state index >= 15 is 0 Å². The fourth-order valence-electron chi connectivity index (χ4n) is 3.27. The lowest BCUT2D eigenvalue weighted by Gasteiger charge is -2.08. The number of nitrogens with zero attached hydrogens (tertiary/aromatic N) is 4. The highest BCUT2D eigenvalue weighted by Crippen LogP contribution is 2.38. The number of para-hydroxylation sites is 1. The normalized spacial score (nSPS) is 11.7. The lowest BCUT2D eigenvalue weighted by Crippen LogP contribution is -2.12. The summed E-state index contributed by atoms with van der Waals surface area (Å²) < 4.78 is 27.8. The second-order valence-electron chi connectivity index (χ2n) is 6.76. The van der Waals surface area contributed by atoms with Crippen molar-refractivity contribution in [3.05, 3.63) is 81.4 Å². The van der Waals surface area contributed by atoms with E-state index in [-0.39, 0.29) is 21.4 Å². The van der Waals surface area contributed by atoms with Crippen LogP contribution in [-0.4, -0.2) is 27.3 Å². The average molecular weight is 443 g/mol. The van der Waals surface area contributed by atoms with Crippen molar-refractivity contribution in [2.24, 2.45) is 0 Å². The number of nitro benzene ring substituents is 1. The largest absolute Gasteiger partial charge is 0.294 e. The van der Waals surface area contributed by atoms with Gasteiger partial charge in [0.1, 0.15) is 5.52 Å². The summed E-state index contributed by atoms with van der Waals surface area (Å²) in [7, 11) is -4.11. The van der Waals surface area contributed by atoms with E-state index in [1.54, 1.807) is 25.1 Å². The zero-order valence-corrected chi connectivity index (χ0v) is 17.5. The molecule has 2 aromatic carbocycles. The summed E-state index contributed by atoms with van der Waals surface area (Å²) >= 11 is 5.95. The molecule has 4 rings (SSSR count). The third-order valence-electron chi connectivity index (χ3n) is 4.74. The fourth-order valence-corrected chi connectivity index (χ4v) is 4.79. The van der Waals surface area contributed by atoms with Crippen LogP contribution in [0.2, 0.25) is 5.28 Å². The number of aryl methyl sites for hydroxylation is 2. The first-order valence-electron chi connectivity index (χ1n) is 8.80. The number of fused-ring (bicyclic) bond motifs is 1. The van der Waals surface area contributed by atoms with Gasteiger partial charge in [0.15, 0.2) is 0 Å². The van der Waals surface area contributed by atoms with Crippen LogP contribution in [0, 0.1) is 24.0 Å². The molecule has 152 valence electrons. The van der Waals surface area contributed by atoms with Crippen LogP contribution in [0.15, 0.2) is 59.8 Å². The van der Waals surface area contributed by atoms with Gasteiger partial charge >= 0.3 is 0 Å². The van der Waals surface area contributed by atoms with Gasteiger partial charge in [-0.2, -0.15) is 0 Å². The number of aromatic nitrogens is 3. The number of halogens is 1. The summed E-state index contributed by atoms with van der Waals surface area (Å²) in [4.78, 5) is 19.3. The van der Waals surface area contributed by atoms with E-state index in [1.165, 1.54) is 36.7 Å². The second kappa shape index (κ2) is 7.19. The number of hydrogen-bond acceptors (Lipinski definition) is 6. The number of non-ortho nitro benzene ring substituents is 1. The minimum Gasteiger partial charge on any atom is -0.258 e. The van der Waals surface area contributed by atoms with Crippen LogP contribution in [0.3, 0.4) is 0 Å². The van der Waals surface area contributed by atoms with Crippen LogP contribution in [0.25, 0.3) is 22.2 Å². The molecule has 2 heterocycles. The Morgan fingerprint density at radius 2 is 1.80 bits per heavy atom. The molecule has 0 spiro atoms. The second-order valence-corrected chi connectivity index (χ2v) is 8.91. The molecule has 30 heavy (non-hydrogen) atoms. The summed E-state index contributed by atoms with van der Waals surface area (Å²) in [6, 6.07) is 10.7. The lowest BCUT2D eigenvalue weighted by atomic mass is 10.1. The van der Waals surface area contributed by atoms with E-state index in [9.17, 15) is 18.5 Å². The Balaban J connectivity index is 2.11. The highest BCUT2D eigenvalue weighted by molar-refractivity contribution is 7.90. The van der Waals surface area contributed by atoms with Crippen LogP contribution in [0.5, 0.6) is 0 Å². The van der Waals surface area contributed by atoms with Crippen LogP contribution in [-0.2, 0) is 10.0 Å². The Bertz CT molecular complexity index is 1410. The summed E-state index contributed by atoms with van der Waals surface area (Å²) in [5.41, 5.74) is 1.99. The van der Waals surface area contributed by atoms with Crippen molar-refractivity contribution in [2.45, 2.75) is 18.7 Å². The van der Waals surface area contributed by atoms with Crippen LogP contribution in [0.4, 0.5) is 5.69 Å². The standard InChI is InChI=1S/C20H15ClN4O4S/c1-12-6-8-14(9-7-12)30(28,29)24-11-16(18-13(2)10-22-20(21)23-18)15-4-3-5-17(19(15)24)25(26)27/h3-11H,1-2H3. The number of hydrogen-bond donors (Lipinski definition) is 0. The van der Waals surface area contributed by atoms with Gasteiger partial charge in [0, 0.05) is 29.4 Å². The van der Waals surface area contributed by atoms with E-state index in [0.29, 0.717) is 22.2 Å². The van der Waals surface area contributed by atoms with Crippen LogP contribution in [0.1, 0.15) is 11.1 Å². The Labute approximate surface area is 177 Å². The Morgan fingerprint density at radius 1 is 1.10 bits per heavy atom. The predicted molar refractivity (Wildman–Crippen MR) is 113 cm³/mol. The zero-order valence-electron chi connectivity index (χ0n) is 15.9. The molecule has 0 aliphatic heterocycles. The van der Waals surface area contributed by atoms with Gasteiger partial charge in [-0.05, 0) is 43.1 Å². The van der Waals surface area contributed by atoms with Gasteiger partial charge in [-0.25, -0.2) is 22.4 Å². The van der Waals surface area contributed by atoms with Gasteiger partial charge in [-0.1, -0.05) is 29.8 Å². The highest BCUT2D eigenvalue weighted by atomic mass is 35.5. The van der Waals surface area contributed by atoms with Crippen LogP contribution >= 0.6 is 11.6 Å². The first-order chi connectivity index (χ1) is 14.2. The smallest absolute Gasteiger partial charge is 0.258 e. The van der Waals surface area contributed by atoms with Gasteiger partial charge in [-0.15, -0.1) is 0 Å². The number of nitro groups is 1. The van der Waals surface area contributed by atoms with Crippen molar-refractivity contribution < 1.29 is 13.3 Å². The molecule has 0 saturated heterocycles. The molecule has 2 aromatic heterocycles. The van der Waals surface area contributed by atoms with E-state index in [0.717, 1.165) is 9.54 Å². The Kier molecular flexibility index (Phi) is 4.79. The van der Waals surface area contributed by atoms with Crippen molar-refractivity contribution in [3.63, 3.8) is 0 Å². The summed E-state index contributed by atoms with van der Waals surface area (Å²) in [6.07, 6.45) is 2.86. The van der Waals surface area contributed by atoms with Crippen LogP contribution < -0.4 is 0 Å². The molecular formula is C20H15ClN4O4S. The lowest BCUT2D eigenvalue weighted by molar-refractivity contribution is -0.383. The molecule has 0 amide bonds. The molecule has 0 N–H and O–H groups in total. The minimum atomic E-state index is -4.11. The van der Waals surface area contributed by atoms with Crippen molar-refractivity contribution in [3.8, 4) is 11.3 Å². The molecule has 0 aliphatic carbocycles. The van der Waals surface area contributed by atoms with E-state index in [4.69, 9.17) is 11.6 Å². The van der Waals surface area contributed by atoms with Gasteiger partial charge < -0.3 is 0 Å². The molecule has 4 aromatic rings. The van der Waals surface area contributed by atoms with Gasteiger partial charge in [0.2, 0.25) is 5.28 Å². The molecular weight excluding hydrogens is 428 g/mol. The van der Waals surface area contributed by atoms with Crippen molar-refractivity contribution in [2.75, 3.05) is 0 Å². The summed E-state index contributed by atoms with van der Waals surface area (Å²) in [5.74, 6) is 0. The maximum atomic E-state index is 13.4. The summed E-state index contributed by atoms with van der Waals surface area (Å²) in [6.45, 7) is 3.59. The molecule has 0 radical (unpaired) electrons. The molecule has 0 saturated carbocycles. The number of rotatable bonds is 4. The summed E-state index contributed by atoms with van der Waals surface area (Å²) in [5, 5.41) is 12.1. The van der Waals surface area contributed by atoms with Gasteiger partial charge in [-0.3, -0.25) is 10.1 Å². The molecule has 10 heteroatoms. The highest BCUT2D eigenvalue weighted by Gasteiger charge is 2.28. The minimum absolute atomic E-state index is 0.0108. The molecule has 0 aliphatic rings. The molecule has 0 atom stereocenters. The molecule has 8 nitrogen and oxygen atoms in total. The SMILES string of the molecule is Cc1ccc(S(=O)(=O)n2cc(-c3nc(Cl)ncc3C)c3cccc([N+](=O)[O-])c32)cc1. The monoisotopic (exact) mass is 442 g/mol. The van der Waals surface area contributed by atoms with Crippen molar-refractivity contribution >= 4 is 38.2 Å². The molecule has 0 unspecified atom stereocenters. The zero-order chi connectivity index (χ0) is 21.6. The molecule has 0 fully saturated rings. The van der Waals surface area contributed by atoms with E-state index in [1.807, 2.05) is 6.92 Å². The van der Waals surface area contributed by atoms with Crippen molar-refractivity contribution in [1.29, 1.82) is 0 Å². The average Bonchev–Trinajstić information content (AvgIpc) is 3.10. The fraction of sp³-hybridized carbons (Fsp3) is 0.100. The topological polar surface area (TPSA) is 108 Å². The Morgan fingerprint density at radius 3 is 2.47 bits per heavy atom. The Hall–Kier alpha value is -3.30.